The van der Waals surface area contributed by atoms with Crippen molar-refractivity contribution in [1.82, 2.24) is 0 Å². The first-order valence-electron chi connectivity index (χ1n) is 8.26. The van der Waals surface area contributed by atoms with Crippen molar-refractivity contribution >= 4 is 11.8 Å². The quantitative estimate of drug-likeness (QED) is 0.409. The van der Waals surface area contributed by atoms with Gasteiger partial charge in [-0.1, -0.05) is 26.0 Å². The minimum atomic E-state index is -0.527. The van der Waals surface area contributed by atoms with Crippen LogP contribution >= 0.6 is 0 Å². The fourth-order valence-electron chi connectivity index (χ4n) is 2.17. The summed E-state index contributed by atoms with van der Waals surface area (Å²) in [4.78, 5) is 23.2. The highest BCUT2D eigenvalue weighted by Crippen LogP contribution is 2.24. The number of hydrogen-bond donors (Lipinski definition) is 0. The van der Waals surface area contributed by atoms with E-state index in [1.54, 1.807) is 31.2 Å². The van der Waals surface area contributed by atoms with Crippen LogP contribution < -0.4 is 4.74 Å². The van der Waals surface area contributed by atoms with Crippen LogP contribution in [0.5, 0.6) is 11.5 Å². The number of ketones is 1. The molecule has 0 aromatic heterocycles. The summed E-state index contributed by atoms with van der Waals surface area (Å²) in [6, 6.07) is 14.7. The summed E-state index contributed by atoms with van der Waals surface area (Å²) >= 11 is 0. The average molecular weight is 338 g/mol. The van der Waals surface area contributed by atoms with Gasteiger partial charge in [-0.05, 0) is 60.9 Å². The lowest BCUT2D eigenvalue weighted by atomic mass is 10.0. The SMILES string of the molecule is CCOC(=O)C=CC(=O)c1ccc(Oc2ccc(C(C)C)cc2)cc1. The van der Waals surface area contributed by atoms with Gasteiger partial charge in [-0.2, -0.15) is 0 Å². The number of allylic oxidation sites excluding steroid dienone is 1. The molecule has 0 aliphatic rings. The number of rotatable bonds is 7. The van der Waals surface area contributed by atoms with Gasteiger partial charge in [0.2, 0.25) is 0 Å². The molecule has 25 heavy (non-hydrogen) atoms. The van der Waals surface area contributed by atoms with Crippen molar-refractivity contribution in [2.75, 3.05) is 6.61 Å². The smallest absolute Gasteiger partial charge is 0.330 e. The Balaban J connectivity index is 1.99. The molecule has 0 atom stereocenters. The van der Waals surface area contributed by atoms with Crippen LogP contribution in [0.1, 0.15) is 42.6 Å². The molecule has 0 N–H and O–H groups in total. The Morgan fingerprint density at radius 3 is 2.00 bits per heavy atom. The van der Waals surface area contributed by atoms with Gasteiger partial charge in [-0.15, -0.1) is 0 Å². The Hall–Kier alpha value is -2.88. The molecule has 2 aromatic rings. The molecule has 0 amide bonds. The molecule has 0 radical (unpaired) electrons. The maximum atomic E-state index is 12.0. The Labute approximate surface area is 148 Å². The van der Waals surface area contributed by atoms with Gasteiger partial charge in [0.05, 0.1) is 6.61 Å². The monoisotopic (exact) mass is 338 g/mol. The first kappa shape index (κ1) is 18.5. The second-order valence-electron chi connectivity index (χ2n) is 5.80. The number of carbonyl (C=O) groups is 2. The van der Waals surface area contributed by atoms with E-state index in [0.29, 0.717) is 17.2 Å². The molecule has 2 rings (SSSR count). The Morgan fingerprint density at radius 2 is 1.48 bits per heavy atom. The number of ether oxygens (including phenoxy) is 2. The highest BCUT2D eigenvalue weighted by molar-refractivity contribution is 6.07. The molecule has 0 spiro atoms. The number of hydrogen-bond acceptors (Lipinski definition) is 4. The summed E-state index contributed by atoms with van der Waals surface area (Å²) in [5, 5.41) is 0. The van der Waals surface area contributed by atoms with Crippen molar-refractivity contribution in [2.45, 2.75) is 26.7 Å². The molecule has 0 heterocycles. The van der Waals surface area contributed by atoms with Crippen LogP contribution in [0.3, 0.4) is 0 Å². The zero-order valence-electron chi connectivity index (χ0n) is 14.7. The molecule has 0 saturated heterocycles. The highest BCUT2D eigenvalue weighted by Gasteiger charge is 2.05. The number of carbonyl (C=O) groups excluding carboxylic acids is 2. The highest BCUT2D eigenvalue weighted by atomic mass is 16.5. The fraction of sp³-hybridized carbons (Fsp3) is 0.238. The third kappa shape index (κ3) is 5.60. The molecule has 130 valence electrons. The van der Waals surface area contributed by atoms with E-state index in [9.17, 15) is 9.59 Å². The fourth-order valence-corrected chi connectivity index (χ4v) is 2.17. The van der Waals surface area contributed by atoms with E-state index >= 15 is 0 Å². The van der Waals surface area contributed by atoms with Gasteiger partial charge in [0, 0.05) is 11.6 Å². The molecule has 4 nitrogen and oxygen atoms in total. The summed E-state index contributed by atoms with van der Waals surface area (Å²) in [5.74, 6) is 1.07. The van der Waals surface area contributed by atoms with Gasteiger partial charge >= 0.3 is 5.97 Å². The maximum Gasteiger partial charge on any atom is 0.330 e. The number of esters is 1. The van der Waals surface area contributed by atoms with Crippen molar-refractivity contribution in [3.63, 3.8) is 0 Å². The Kier molecular flexibility index (Phi) is 6.52. The van der Waals surface area contributed by atoms with E-state index < -0.39 is 5.97 Å². The first-order valence-corrected chi connectivity index (χ1v) is 8.26. The lowest BCUT2D eigenvalue weighted by Gasteiger charge is -2.09. The standard InChI is InChI=1S/C21H22O4/c1-4-24-21(23)14-13-20(22)17-7-11-19(12-8-17)25-18-9-5-16(6-10-18)15(2)3/h5-15H,4H2,1-3H3. The molecule has 0 aliphatic carbocycles. The Morgan fingerprint density at radius 1 is 0.920 bits per heavy atom. The first-order chi connectivity index (χ1) is 12.0. The van der Waals surface area contributed by atoms with Gasteiger partial charge < -0.3 is 9.47 Å². The largest absolute Gasteiger partial charge is 0.463 e. The third-order valence-corrected chi connectivity index (χ3v) is 3.58. The second-order valence-corrected chi connectivity index (χ2v) is 5.80. The van der Waals surface area contributed by atoms with Crippen LogP contribution in [0.25, 0.3) is 0 Å². The zero-order chi connectivity index (χ0) is 18.2. The van der Waals surface area contributed by atoms with Gasteiger partial charge in [0.15, 0.2) is 5.78 Å². The summed E-state index contributed by atoms with van der Waals surface area (Å²) in [6.45, 7) is 6.27. The maximum absolute atomic E-state index is 12.0. The summed E-state index contributed by atoms with van der Waals surface area (Å²) in [7, 11) is 0. The van der Waals surface area contributed by atoms with Gasteiger partial charge in [0.25, 0.3) is 0 Å². The van der Waals surface area contributed by atoms with Crippen LogP contribution in [0.15, 0.2) is 60.7 Å². The molecule has 2 aromatic carbocycles. The van der Waals surface area contributed by atoms with Crippen molar-refractivity contribution in [3.05, 3.63) is 71.8 Å². The molecule has 0 aliphatic heterocycles. The lowest BCUT2D eigenvalue weighted by Crippen LogP contribution is -2.01. The van der Waals surface area contributed by atoms with Crippen LogP contribution in [-0.4, -0.2) is 18.4 Å². The van der Waals surface area contributed by atoms with Crippen molar-refractivity contribution in [2.24, 2.45) is 0 Å². The number of benzene rings is 2. The normalized spacial score (nSPS) is 10.9. The lowest BCUT2D eigenvalue weighted by molar-refractivity contribution is -0.137. The van der Waals surface area contributed by atoms with Crippen molar-refractivity contribution in [3.8, 4) is 11.5 Å². The Bertz CT molecular complexity index is 740. The van der Waals surface area contributed by atoms with Crippen LogP contribution in [-0.2, 0) is 9.53 Å². The molecule has 4 heteroatoms. The van der Waals surface area contributed by atoms with E-state index in [1.807, 2.05) is 24.3 Å². The van der Waals surface area contributed by atoms with Crippen LogP contribution in [0.4, 0.5) is 0 Å². The van der Waals surface area contributed by atoms with E-state index in [1.165, 1.54) is 11.6 Å². The molecular weight excluding hydrogens is 316 g/mol. The molecule has 0 bridgehead atoms. The predicted octanol–water partition coefficient (Wildman–Crippen LogP) is 4.90. The van der Waals surface area contributed by atoms with Crippen molar-refractivity contribution in [1.29, 1.82) is 0 Å². The van der Waals surface area contributed by atoms with E-state index in [-0.39, 0.29) is 12.4 Å². The summed E-state index contributed by atoms with van der Waals surface area (Å²) in [5.41, 5.74) is 1.73. The second kappa shape index (κ2) is 8.83. The minimum absolute atomic E-state index is 0.263. The van der Waals surface area contributed by atoms with E-state index in [0.717, 1.165) is 11.8 Å². The predicted molar refractivity (Wildman–Crippen MR) is 97.2 cm³/mol. The zero-order valence-corrected chi connectivity index (χ0v) is 14.7. The van der Waals surface area contributed by atoms with Crippen LogP contribution in [0.2, 0.25) is 0 Å². The minimum Gasteiger partial charge on any atom is -0.463 e. The van der Waals surface area contributed by atoms with Gasteiger partial charge in [-0.25, -0.2) is 4.79 Å². The topological polar surface area (TPSA) is 52.6 Å². The average Bonchev–Trinajstić information content (AvgIpc) is 2.61. The van der Waals surface area contributed by atoms with Crippen LogP contribution in [0, 0.1) is 0 Å². The third-order valence-electron chi connectivity index (χ3n) is 3.58. The molecular formula is C21H22O4. The molecule has 0 fully saturated rings. The molecule has 0 unspecified atom stereocenters. The van der Waals surface area contributed by atoms with E-state index in [2.05, 4.69) is 13.8 Å². The van der Waals surface area contributed by atoms with Gasteiger partial charge in [0.1, 0.15) is 11.5 Å². The molecule has 0 saturated carbocycles. The summed E-state index contributed by atoms with van der Waals surface area (Å²) < 4.78 is 10.5. The van der Waals surface area contributed by atoms with Gasteiger partial charge in [-0.3, -0.25) is 4.79 Å². The van der Waals surface area contributed by atoms with Crippen molar-refractivity contribution < 1.29 is 19.1 Å². The van der Waals surface area contributed by atoms with E-state index in [4.69, 9.17) is 9.47 Å². The summed E-state index contributed by atoms with van der Waals surface area (Å²) in [6.07, 6.45) is 2.34.